The van der Waals surface area contributed by atoms with Crippen LogP contribution in [-0.2, 0) is 10.5 Å². The van der Waals surface area contributed by atoms with Crippen LogP contribution in [0, 0.1) is 17.5 Å². The number of amides is 1. The van der Waals surface area contributed by atoms with E-state index in [2.05, 4.69) is 25.6 Å². The van der Waals surface area contributed by atoms with Crippen LogP contribution >= 0.6 is 10.0 Å². The van der Waals surface area contributed by atoms with E-state index in [9.17, 15) is 14.4 Å². The number of nitrogens with one attached hydrogen (secondary N) is 4. The highest BCUT2D eigenvalue weighted by atomic mass is 32.3. The molecule has 1 aliphatic heterocycles. The molecule has 4 N–H and O–H groups in total. The molecule has 0 saturated heterocycles. The molecule has 0 bridgehead atoms. The maximum Gasteiger partial charge on any atom is 0.413 e. The highest BCUT2D eigenvalue weighted by molar-refractivity contribution is 8.40. The lowest BCUT2D eigenvalue weighted by Gasteiger charge is -2.40. The van der Waals surface area contributed by atoms with E-state index in [1.54, 1.807) is 33.9 Å². The molecular weight excluding hydrogens is 623 g/mol. The first kappa shape index (κ1) is 32.6. The molecule has 5 rings (SSSR count). The number of aromatic amines is 2. The first-order valence-corrected chi connectivity index (χ1v) is 15.9. The monoisotopic (exact) mass is 655 g/mol. The van der Waals surface area contributed by atoms with Gasteiger partial charge in [-0.25, -0.2) is 27.7 Å². The first-order chi connectivity index (χ1) is 21.8. The standard InChI is InChI=1S/C32H32F3N5O5S/c1-32(2,3)45-31(43)38-24-13-12-17(14-37-24)27-18(15-36-4)25-28(41)39-30(42)40-29(25)46(27,16-19-20(33)8-6-9-21(19)34)23-11-7-10-22(44-5)26(23)35/h6-14,36H,15-16H2,1-5H3,(H,37,38,43)(H2,39,40,41,42). The lowest BCUT2D eigenvalue weighted by atomic mass is 10.1. The summed E-state index contributed by atoms with van der Waals surface area (Å²) in [5, 5.41) is 5.58. The summed E-state index contributed by atoms with van der Waals surface area (Å²) in [7, 11) is -0.343. The minimum Gasteiger partial charge on any atom is -0.494 e. The third-order valence-corrected chi connectivity index (χ3v) is 11.1. The number of carbonyl (C=O) groups excluding carboxylic acids is 1. The van der Waals surface area contributed by atoms with Crippen LogP contribution in [0.3, 0.4) is 0 Å². The maximum atomic E-state index is 16.5. The number of carbonyl (C=O) groups is 1. The fourth-order valence-electron chi connectivity index (χ4n) is 5.40. The highest BCUT2D eigenvalue weighted by Gasteiger charge is 2.48. The number of hydrogen-bond donors (Lipinski definition) is 4. The van der Waals surface area contributed by atoms with Gasteiger partial charge in [-0.1, -0.05) is 12.1 Å². The van der Waals surface area contributed by atoms with Gasteiger partial charge in [0.1, 0.15) is 23.1 Å². The lowest BCUT2D eigenvalue weighted by molar-refractivity contribution is 0.0635. The van der Waals surface area contributed by atoms with Gasteiger partial charge in [0, 0.05) is 39.4 Å². The van der Waals surface area contributed by atoms with Gasteiger partial charge >= 0.3 is 11.8 Å². The molecule has 1 atom stereocenters. The number of anilines is 1. The van der Waals surface area contributed by atoms with Crippen molar-refractivity contribution in [1.82, 2.24) is 20.3 Å². The van der Waals surface area contributed by atoms with E-state index in [0.717, 1.165) is 12.1 Å². The van der Waals surface area contributed by atoms with Crippen LogP contribution in [0.15, 0.2) is 74.2 Å². The molecule has 1 aliphatic rings. The Hall–Kier alpha value is -4.82. The molecule has 10 nitrogen and oxygen atoms in total. The number of rotatable bonds is 8. The van der Waals surface area contributed by atoms with Crippen LogP contribution in [-0.4, -0.2) is 47.3 Å². The van der Waals surface area contributed by atoms with Crippen LogP contribution in [0.25, 0.3) is 10.5 Å². The largest absolute Gasteiger partial charge is 0.494 e. The number of aromatic nitrogens is 3. The van der Waals surface area contributed by atoms with Gasteiger partial charge in [0.05, 0.1) is 17.7 Å². The summed E-state index contributed by atoms with van der Waals surface area (Å²) in [5.74, 6) is -3.10. The van der Waals surface area contributed by atoms with Gasteiger partial charge in [-0.15, -0.1) is 10.0 Å². The summed E-state index contributed by atoms with van der Waals surface area (Å²) in [6.45, 7) is 5.18. The number of benzene rings is 2. The second kappa shape index (κ2) is 12.5. The third kappa shape index (κ3) is 5.93. The SMILES string of the molecule is CNCC1=C(c2ccc(NC(=O)OC(C)(C)C)nc2)S(Cc2c(F)cccc2F)(c2cccc(OC)c2F)c2[nH]c(=O)[nH]c(=O)c21. The average Bonchev–Trinajstić information content (AvgIpc) is 3.24. The molecule has 46 heavy (non-hydrogen) atoms. The van der Waals surface area contributed by atoms with Crippen molar-refractivity contribution in [2.75, 3.05) is 26.0 Å². The normalized spacial score (nSPS) is 17.3. The minimum absolute atomic E-state index is 0.0206. The molecule has 0 spiro atoms. The first-order valence-electron chi connectivity index (χ1n) is 14.1. The zero-order valence-corrected chi connectivity index (χ0v) is 26.5. The molecule has 4 aromatic rings. The minimum atomic E-state index is -3.25. The van der Waals surface area contributed by atoms with E-state index in [0.29, 0.717) is 16.0 Å². The van der Waals surface area contributed by atoms with E-state index in [4.69, 9.17) is 9.47 Å². The number of methoxy groups -OCH3 is 1. The van der Waals surface area contributed by atoms with E-state index >= 15 is 13.2 Å². The number of H-pyrrole nitrogens is 2. The smallest absolute Gasteiger partial charge is 0.413 e. The Morgan fingerprint density at radius 1 is 1.00 bits per heavy atom. The van der Waals surface area contributed by atoms with Crippen LogP contribution in [0.2, 0.25) is 0 Å². The van der Waals surface area contributed by atoms with Crippen molar-refractivity contribution in [3.8, 4) is 5.75 Å². The van der Waals surface area contributed by atoms with Crippen molar-refractivity contribution >= 4 is 32.4 Å². The zero-order valence-electron chi connectivity index (χ0n) is 25.6. The van der Waals surface area contributed by atoms with E-state index in [-0.39, 0.29) is 39.2 Å². The van der Waals surface area contributed by atoms with Crippen LogP contribution in [0.1, 0.15) is 37.5 Å². The van der Waals surface area contributed by atoms with Gasteiger partial charge in [0.2, 0.25) is 0 Å². The molecule has 0 saturated carbocycles. The van der Waals surface area contributed by atoms with Gasteiger partial charge in [-0.3, -0.25) is 15.1 Å². The molecule has 2 aromatic heterocycles. The fraction of sp³-hybridized carbons (Fsp3) is 0.250. The van der Waals surface area contributed by atoms with Crippen LogP contribution in [0.5, 0.6) is 5.75 Å². The molecular formula is C32H32F3N5O5S. The van der Waals surface area contributed by atoms with Crippen LogP contribution in [0.4, 0.5) is 23.8 Å². The predicted molar refractivity (Wildman–Crippen MR) is 170 cm³/mol. The Balaban J connectivity index is 1.86. The van der Waals surface area contributed by atoms with Crippen molar-refractivity contribution in [2.24, 2.45) is 0 Å². The molecule has 242 valence electrons. The van der Waals surface area contributed by atoms with Gasteiger partial charge in [-0.05, 0) is 69.8 Å². The number of fused-ring (bicyclic) bond motifs is 1. The molecule has 2 aromatic carbocycles. The van der Waals surface area contributed by atoms with E-state index < -0.39 is 56.2 Å². The zero-order chi connectivity index (χ0) is 33.4. The fourth-order valence-corrected chi connectivity index (χ4v) is 9.87. The molecule has 0 radical (unpaired) electrons. The summed E-state index contributed by atoms with van der Waals surface area (Å²) in [6.07, 6.45) is 0.654. The third-order valence-electron chi connectivity index (χ3n) is 7.13. The number of halogens is 3. The number of nitrogens with zero attached hydrogens (tertiary/aromatic N) is 1. The van der Waals surface area contributed by atoms with Crippen molar-refractivity contribution in [2.45, 2.75) is 42.0 Å². The average molecular weight is 656 g/mol. The molecule has 14 heteroatoms. The summed E-state index contributed by atoms with van der Waals surface area (Å²) in [4.78, 5) is 48.4. The van der Waals surface area contributed by atoms with Gasteiger partial charge < -0.3 is 19.8 Å². The maximum absolute atomic E-state index is 16.5. The summed E-state index contributed by atoms with van der Waals surface area (Å²) in [5.41, 5.74) is -2.02. The lowest BCUT2D eigenvalue weighted by Crippen LogP contribution is -2.28. The number of pyridine rings is 1. The number of likely N-dealkylation sites (N-methyl/N-ethyl adjacent to an activating group) is 1. The molecule has 0 aliphatic carbocycles. The Bertz CT molecular complexity index is 1950. The van der Waals surface area contributed by atoms with Crippen molar-refractivity contribution in [1.29, 1.82) is 0 Å². The summed E-state index contributed by atoms with van der Waals surface area (Å²) >= 11 is 0. The second-order valence-electron chi connectivity index (χ2n) is 11.4. The Morgan fingerprint density at radius 3 is 2.30 bits per heavy atom. The van der Waals surface area contributed by atoms with Crippen LogP contribution < -0.4 is 26.6 Å². The number of hydrogen-bond acceptors (Lipinski definition) is 7. The molecule has 1 unspecified atom stereocenters. The van der Waals surface area contributed by atoms with Gasteiger partial charge in [0.15, 0.2) is 11.6 Å². The predicted octanol–water partition coefficient (Wildman–Crippen LogP) is 5.76. The Labute approximate surface area is 263 Å². The van der Waals surface area contributed by atoms with E-state index in [1.165, 1.54) is 43.6 Å². The topological polar surface area (TPSA) is 138 Å². The molecule has 1 amide bonds. The highest BCUT2D eigenvalue weighted by Crippen LogP contribution is 2.78. The summed E-state index contributed by atoms with van der Waals surface area (Å²) < 4.78 is 58.0. The quantitative estimate of drug-likeness (QED) is 0.177. The Morgan fingerprint density at radius 2 is 1.70 bits per heavy atom. The van der Waals surface area contributed by atoms with E-state index in [1.807, 2.05) is 0 Å². The summed E-state index contributed by atoms with van der Waals surface area (Å²) in [6, 6.07) is 10.8. The van der Waals surface area contributed by atoms with Gasteiger partial charge in [-0.2, -0.15) is 0 Å². The van der Waals surface area contributed by atoms with Gasteiger partial charge in [0.25, 0.3) is 5.56 Å². The second-order valence-corrected chi connectivity index (χ2v) is 14.4. The van der Waals surface area contributed by atoms with Crippen molar-refractivity contribution < 1.29 is 27.4 Å². The Kier molecular flexibility index (Phi) is 8.87. The van der Waals surface area contributed by atoms with Crippen molar-refractivity contribution in [3.05, 3.63) is 110 Å². The van der Waals surface area contributed by atoms with Crippen molar-refractivity contribution in [3.63, 3.8) is 0 Å². The molecule has 0 fully saturated rings. The molecule has 3 heterocycles. The number of ether oxygens (including phenoxy) is 2.